The first-order valence-corrected chi connectivity index (χ1v) is 9.04. The Bertz CT molecular complexity index is 1180. The van der Waals surface area contributed by atoms with Crippen molar-refractivity contribution in [1.29, 1.82) is 10.5 Å². The van der Waals surface area contributed by atoms with Gasteiger partial charge in [0.2, 0.25) is 0 Å². The van der Waals surface area contributed by atoms with Crippen molar-refractivity contribution in [2.24, 2.45) is 0 Å². The molecule has 0 atom stereocenters. The second-order valence-electron chi connectivity index (χ2n) is 5.86. The van der Waals surface area contributed by atoms with E-state index >= 15 is 0 Å². The zero-order chi connectivity index (χ0) is 17.9. The van der Waals surface area contributed by atoms with E-state index in [9.17, 15) is 5.26 Å². The summed E-state index contributed by atoms with van der Waals surface area (Å²) in [5.74, 6) is 0. The van der Waals surface area contributed by atoms with Crippen molar-refractivity contribution in [2.45, 2.75) is 13.0 Å². The Morgan fingerprint density at radius 2 is 1.92 bits per heavy atom. The van der Waals surface area contributed by atoms with Crippen LogP contribution in [0.3, 0.4) is 0 Å². The van der Waals surface area contributed by atoms with Gasteiger partial charge >= 0.3 is 0 Å². The summed E-state index contributed by atoms with van der Waals surface area (Å²) in [6.07, 6.45) is 4.35. The van der Waals surface area contributed by atoms with Gasteiger partial charge in [-0.25, -0.2) is 4.98 Å². The molecule has 26 heavy (non-hydrogen) atoms. The summed E-state index contributed by atoms with van der Waals surface area (Å²) in [7, 11) is 0. The van der Waals surface area contributed by atoms with E-state index in [0.29, 0.717) is 18.5 Å². The van der Waals surface area contributed by atoms with Gasteiger partial charge in [0.05, 0.1) is 28.3 Å². The molecule has 0 radical (unpaired) electrons. The van der Waals surface area contributed by atoms with Crippen molar-refractivity contribution in [3.05, 3.63) is 65.3 Å². The number of rotatable bonds is 4. The topological polar surface area (TPSA) is 65.4 Å². The number of aryl methyl sites for hydroxylation is 1. The highest BCUT2D eigenvalue weighted by Crippen LogP contribution is 2.30. The minimum absolute atomic E-state index is 0.449. The van der Waals surface area contributed by atoms with Crippen LogP contribution in [0.25, 0.3) is 32.8 Å². The van der Waals surface area contributed by atoms with Crippen LogP contribution in [0, 0.1) is 22.7 Å². The van der Waals surface area contributed by atoms with E-state index in [2.05, 4.69) is 21.7 Å². The van der Waals surface area contributed by atoms with Crippen LogP contribution in [0.1, 0.15) is 17.0 Å². The van der Waals surface area contributed by atoms with E-state index in [1.165, 1.54) is 11.3 Å². The molecule has 0 amide bonds. The zero-order valence-electron chi connectivity index (χ0n) is 13.9. The van der Waals surface area contributed by atoms with Gasteiger partial charge in [-0.2, -0.15) is 10.5 Å². The molecule has 0 aliphatic carbocycles. The standard InChI is InChI=1S/C21H14N4S/c22-10-5-11-25-14-16(17-6-1-3-8-19(17)25)12-15(13-23)21-24-18-7-2-4-9-20(18)26-21/h1-4,6-9,12,14H,5,11H2/b15-12+. The Balaban J connectivity index is 1.83. The number of allylic oxidation sites excluding steroid dienone is 1. The largest absolute Gasteiger partial charge is 0.346 e. The van der Waals surface area contributed by atoms with Crippen LogP contribution in [0.2, 0.25) is 0 Å². The molecule has 2 aromatic carbocycles. The van der Waals surface area contributed by atoms with Gasteiger partial charge in [-0.3, -0.25) is 0 Å². The minimum Gasteiger partial charge on any atom is -0.346 e. The molecule has 124 valence electrons. The zero-order valence-corrected chi connectivity index (χ0v) is 14.7. The molecule has 2 heterocycles. The Kier molecular flexibility index (Phi) is 4.23. The van der Waals surface area contributed by atoms with Gasteiger partial charge < -0.3 is 4.57 Å². The SMILES string of the molecule is N#CCCn1cc(/C=C(\C#N)c2nc3ccccc3s2)c2ccccc21. The highest BCUT2D eigenvalue weighted by molar-refractivity contribution is 7.19. The highest BCUT2D eigenvalue weighted by Gasteiger charge is 2.11. The highest BCUT2D eigenvalue weighted by atomic mass is 32.1. The molecule has 0 saturated carbocycles. The average molecular weight is 354 g/mol. The quantitative estimate of drug-likeness (QED) is 0.471. The van der Waals surface area contributed by atoms with Crippen LogP contribution in [-0.2, 0) is 6.54 Å². The van der Waals surface area contributed by atoms with E-state index in [0.717, 1.165) is 31.7 Å². The van der Waals surface area contributed by atoms with Gasteiger partial charge in [-0.05, 0) is 24.3 Å². The lowest BCUT2D eigenvalue weighted by Gasteiger charge is -2.00. The number of hydrogen-bond donors (Lipinski definition) is 0. The van der Waals surface area contributed by atoms with Gasteiger partial charge in [0, 0.05) is 29.2 Å². The summed E-state index contributed by atoms with van der Waals surface area (Å²) in [5, 5.41) is 20.4. The first kappa shape index (κ1) is 16.1. The van der Waals surface area contributed by atoms with Crippen LogP contribution in [0.5, 0.6) is 0 Å². The molecule has 0 fully saturated rings. The van der Waals surface area contributed by atoms with Crippen LogP contribution < -0.4 is 0 Å². The third-order valence-corrected chi connectivity index (χ3v) is 5.30. The van der Waals surface area contributed by atoms with Gasteiger partial charge in [0.15, 0.2) is 0 Å². The van der Waals surface area contributed by atoms with Crippen molar-refractivity contribution in [3.8, 4) is 12.1 Å². The van der Waals surface area contributed by atoms with Gasteiger partial charge in [0.1, 0.15) is 11.1 Å². The summed E-state index contributed by atoms with van der Waals surface area (Å²) >= 11 is 1.52. The third kappa shape index (κ3) is 2.86. The first-order chi connectivity index (χ1) is 12.8. The Morgan fingerprint density at radius 1 is 1.12 bits per heavy atom. The Labute approximate surface area is 154 Å². The molecule has 0 aliphatic rings. The fourth-order valence-corrected chi connectivity index (χ4v) is 3.96. The molecule has 0 unspecified atom stereocenters. The van der Waals surface area contributed by atoms with E-state index < -0.39 is 0 Å². The van der Waals surface area contributed by atoms with E-state index in [-0.39, 0.29) is 0 Å². The van der Waals surface area contributed by atoms with Crippen LogP contribution in [0.15, 0.2) is 54.7 Å². The van der Waals surface area contributed by atoms with Crippen LogP contribution in [-0.4, -0.2) is 9.55 Å². The van der Waals surface area contributed by atoms with Crippen molar-refractivity contribution in [2.75, 3.05) is 0 Å². The lowest BCUT2D eigenvalue weighted by molar-refractivity contribution is 0.744. The number of aromatic nitrogens is 2. The summed E-state index contributed by atoms with van der Waals surface area (Å²) in [6.45, 7) is 0.633. The number of hydrogen-bond acceptors (Lipinski definition) is 4. The predicted octanol–water partition coefficient (Wildman–Crippen LogP) is 5.23. The molecule has 0 N–H and O–H groups in total. The first-order valence-electron chi connectivity index (χ1n) is 8.22. The normalized spacial score (nSPS) is 11.5. The second-order valence-corrected chi connectivity index (χ2v) is 6.89. The third-order valence-electron chi connectivity index (χ3n) is 4.23. The fourth-order valence-electron chi connectivity index (χ4n) is 3.03. The summed E-state index contributed by atoms with van der Waals surface area (Å²) < 4.78 is 3.14. The molecule has 4 rings (SSSR count). The number of benzene rings is 2. The molecule has 0 saturated heterocycles. The van der Waals surface area contributed by atoms with Gasteiger partial charge in [-0.15, -0.1) is 11.3 Å². The van der Waals surface area contributed by atoms with Gasteiger partial charge in [0.25, 0.3) is 0 Å². The number of nitrogens with zero attached hydrogens (tertiary/aromatic N) is 4. The van der Waals surface area contributed by atoms with E-state index in [1.807, 2.05) is 60.8 Å². The Morgan fingerprint density at radius 3 is 2.73 bits per heavy atom. The molecule has 0 aliphatic heterocycles. The smallest absolute Gasteiger partial charge is 0.135 e. The minimum atomic E-state index is 0.449. The van der Waals surface area contributed by atoms with Crippen molar-refractivity contribution in [3.63, 3.8) is 0 Å². The molecule has 2 aromatic heterocycles. The van der Waals surface area contributed by atoms with E-state index in [1.54, 1.807) is 0 Å². The lowest BCUT2D eigenvalue weighted by atomic mass is 10.1. The van der Waals surface area contributed by atoms with Crippen LogP contribution in [0.4, 0.5) is 0 Å². The molecular weight excluding hydrogens is 340 g/mol. The van der Waals surface area contributed by atoms with E-state index in [4.69, 9.17) is 5.26 Å². The number of nitriles is 2. The molecule has 0 bridgehead atoms. The Hall–Kier alpha value is -3.41. The monoisotopic (exact) mass is 354 g/mol. The maximum absolute atomic E-state index is 9.68. The van der Waals surface area contributed by atoms with Crippen LogP contribution >= 0.6 is 11.3 Å². The summed E-state index contributed by atoms with van der Waals surface area (Å²) in [5.41, 5.74) is 3.49. The molecule has 4 aromatic rings. The second kappa shape index (κ2) is 6.84. The van der Waals surface area contributed by atoms with Crippen molar-refractivity contribution >= 4 is 44.1 Å². The molecular formula is C21H14N4S. The predicted molar refractivity (Wildman–Crippen MR) is 105 cm³/mol. The summed E-state index contributed by atoms with van der Waals surface area (Å²) in [4.78, 5) is 4.59. The average Bonchev–Trinajstić information content (AvgIpc) is 3.26. The van der Waals surface area contributed by atoms with Gasteiger partial charge in [-0.1, -0.05) is 30.3 Å². The molecule has 5 heteroatoms. The molecule has 0 spiro atoms. The lowest BCUT2D eigenvalue weighted by Crippen LogP contribution is -1.94. The maximum atomic E-state index is 9.68. The number of thiazole rings is 1. The van der Waals surface area contributed by atoms with Crippen molar-refractivity contribution < 1.29 is 0 Å². The fraction of sp³-hybridized carbons (Fsp3) is 0.0952. The van der Waals surface area contributed by atoms with Crippen molar-refractivity contribution in [1.82, 2.24) is 9.55 Å². The maximum Gasteiger partial charge on any atom is 0.135 e. The number of para-hydroxylation sites is 2. The number of fused-ring (bicyclic) bond motifs is 2. The summed E-state index contributed by atoms with van der Waals surface area (Å²) in [6, 6.07) is 20.4. The molecule has 4 nitrogen and oxygen atoms in total.